The van der Waals surface area contributed by atoms with Crippen molar-refractivity contribution in [2.45, 2.75) is 52.3 Å². The van der Waals surface area contributed by atoms with Gasteiger partial charge in [0.1, 0.15) is 0 Å². The van der Waals surface area contributed by atoms with Gasteiger partial charge < -0.3 is 5.73 Å². The molecule has 0 heterocycles. The number of hydrogen-bond donors (Lipinski definition) is 1. The van der Waals surface area contributed by atoms with E-state index >= 15 is 0 Å². The summed E-state index contributed by atoms with van der Waals surface area (Å²) >= 11 is 0. The second-order valence-electron chi connectivity index (χ2n) is 5.48. The number of rotatable bonds is 5. The second-order valence-corrected chi connectivity index (χ2v) is 8.15. The van der Waals surface area contributed by atoms with Crippen molar-refractivity contribution in [3.63, 3.8) is 0 Å². The fraction of sp³-hybridized carbons (Fsp3) is 0.909. The maximum absolute atomic E-state index is 11.7. The first kappa shape index (κ1) is 15.6. The minimum absolute atomic E-state index is 0.0128. The lowest BCUT2D eigenvalue weighted by atomic mass is 9.84. The molecular formula is C11H23NO3S. The average molecular weight is 249 g/mol. The molecule has 4 nitrogen and oxygen atoms in total. The highest BCUT2D eigenvalue weighted by atomic mass is 32.2. The Labute approximate surface area is 98.5 Å². The SMILES string of the molecule is CC(C)S(=O)(=O)CCC(=O)C(N)C(C)(C)C. The van der Waals surface area contributed by atoms with E-state index in [9.17, 15) is 13.2 Å². The molecule has 2 N–H and O–H groups in total. The first-order valence-electron chi connectivity index (χ1n) is 5.48. The largest absolute Gasteiger partial charge is 0.321 e. The zero-order chi connectivity index (χ0) is 13.1. The molecule has 0 aromatic carbocycles. The van der Waals surface area contributed by atoms with E-state index in [-0.39, 0.29) is 23.4 Å². The van der Waals surface area contributed by atoms with Gasteiger partial charge in [0.25, 0.3) is 0 Å². The Kier molecular flexibility index (Phi) is 5.14. The van der Waals surface area contributed by atoms with Gasteiger partial charge in [-0.15, -0.1) is 0 Å². The number of carbonyl (C=O) groups excluding carboxylic acids is 1. The molecule has 1 atom stereocenters. The van der Waals surface area contributed by atoms with Crippen LogP contribution in [-0.4, -0.2) is 31.2 Å². The number of sulfone groups is 1. The molecule has 96 valence electrons. The van der Waals surface area contributed by atoms with Gasteiger partial charge in [-0.1, -0.05) is 20.8 Å². The number of hydrogen-bond acceptors (Lipinski definition) is 4. The monoisotopic (exact) mass is 249 g/mol. The molecule has 0 saturated heterocycles. The fourth-order valence-corrected chi connectivity index (χ4v) is 2.07. The van der Waals surface area contributed by atoms with Gasteiger partial charge in [0.05, 0.1) is 17.0 Å². The highest BCUT2D eigenvalue weighted by Gasteiger charge is 2.28. The fourth-order valence-electron chi connectivity index (χ4n) is 1.12. The van der Waals surface area contributed by atoms with Crippen LogP contribution in [-0.2, 0) is 14.6 Å². The molecule has 0 fully saturated rings. The number of Topliss-reactive ketones (excluding diaryl/α,β-unsaturated/α-hetero) is 1. The van der Waals surface area contributed by atoms with E-state index in [1.165, 1.54) is 0 Å². The van der Waals surface area contributed by atoms with Crippen molar-refractivity contribution < 1.29 is 13.2 Å². The van der Waals surface area contributed by atoms with Gasteiger partial charge in [0, 0.05) is 6.42 Å². The van der Waals surface area contributed by atoms with Crippen LogP contribution in [0.3, 0.4) is 0 Å². The maximum atomic E-state index is 11.7. The van der Waals surface area contributed by atoms with Gasteiger partial charge in [0.2, 0.25) is 0 Å². The Morgan fingerprint density at radius 3 is 2.00 bits per heavy atom. The molecule has 0 spiro atoms. The van der Waals surface area contributed by atoms with Gasteiger partial charge in [-0.05, 0) is 19.3 Å². The first-order chi connectivity index (χ1) is 6.98. The predicted molar refractivity (Wildman–Crippen MR) is 66.0 cm³/mol. The third-order valence-corrected chi connectivity index (χ3v) is 4.84. The van der Waals surface area contributed by atoms with Crippen LogP contribution in [0.4, 0.5) is 0 Å². The zero-order valence-electron chi connectivity index (χ0n) is 10.8. The minimum Gasteiger partial charge on any atom is -0.321 e. The Hall–Kier alpha value is -0.420. The molecule has 0 aromatic heterocycles. The van der Waals surface area contributed by atoms with Crippen molar-refractivity contribution in [2.75, 3.05) is 5.75 Å². The Morgan fingerprint density at radius 1 is 1.25 bits per heavy atom. The van der Waals surface area contributed by atoms with Gasteiger partial charge in [-0.2, -0.15) is 0 Å². The van der Waals surface area contributed by atoms with Gasteiger partial charge >= 0.3 is 0 Å². The van der Waals surface area contributed by atoms with Crippen molar-refractivity contribution in [1.82, 2.24) is 0 Å². The third kappa shape index (κ3) is 4.61. The van der Waals surface area contributed by atoms with E-state index < -0.39 is 21.1 Å². The van der Waals surface area contributed by atoms with Crippen LogP contribution >= 0.6 is 0 Å². The van der Waals surface area contributed by atoms with E-state index in [2.05, 4.69) is 0 Å². The first-order valence-corrected chi connectivity index (χ1v) is 7.20. The molecule has 16 heavy (non-hydrogen) atoms. The van der Waals surface area contributed by atoms with Crippen LogP contribution in [0.25, 0.3) is 0 Å². The van der Waals surface area contributed by atoms with Crippen LogP contribution in [0.5, 0.6) is 0 Å². The van der Waals surface area contributed by atoms with Crippen LogP contribution in [0.1, 0.15) is 41.0 Å². The van der Waals surface area contributed by atoms with Crippen molar-refractivity contribution in [1.29, 1.82) is 0 Å². The Morgan fingerprint density at radius 2 is 1.69 bits per heavy atom. The van der Waals surface area contributed by atoms with Gasteiger partial charge in [0.15, 0.2) is 15.6 Å². The molecule has 0 aromatic rings. The molecule has 0 radical (unpaired) electrons. The average Bonchev–Trinajstić information content (AvgIpc) is 2.11. The van der Waals surface area contributed by atoms with Crippen molar-refractivity contribution in [2.24, 2.45) is 11.1 Å². The second kappa shape index (κ2) is 5.27. The topological polar surface area (TPSA) is 77.2 Å². The summed E-state index contributed by atoms with van der Waals surface area (Å²) in [4.78, 5) is 11.7. The van der Waals surface area contributed by atoms with E-state index in [0.29, 0.717) is 0 Å². The normalized spacial score (nSPS) is 15.2. The van der Waals surface area contributed by atoms with E-state index in [1.807, 2.05) is 20.8 Å². The number of ketones is 1. The zero-order valence-corrected chi connectivity index (χ0v) is 11.6. The van der Waals surface area contributed by atoms with Crippen molar-refractivity contribution in [3.8, 4) is 0 Å². The van der Waals surface area contributed by atoms with E-state index in [1.54, 1.807) is 13.8 Å². The standard InChI is InChI=1S/C11H23NO3S/c1-8(2)16(14,15)7-6-9(13)10(12)11(3,4)5/h8,10H,6-7,12H2,1-5H3. The van der Waals surface area contributed by atoms with E-state index in [4.69, 9.17) is 5.73 Å². The number of nitrogens with two attached hydrogens (primary N) is 1. The summed E-state index contributed by atoms with van der Waals surface area (Å²) in [6.07, 6.45) is 0.0128. The quantitative estimate of drug-likeness (QED) is 0.792. The van der Waals surface area contributed by atoms with Crippen molar-refractivity contribution >= 4 is 15.6 Å². The number of carbonyl (C=O) groups is 1. The third-order valence-electron chi connectivity index (χ3n) is 2.63. The Balaban J connectivity index is 4.41. The molecule has 0 amide bonds. The summed E-state index contributed by atoms with van der Waals surface area (Å²) in [7, 11) is -3.15. The summed E-state index contributed by atoms with van der Waals surface area (Å²) in [5.74, 6) is -0.287. The highest BCUT2D eigenvalue weighted by Crippen LogP contribution is 2.19. The van der Waals surface area contributed by atoms with Crippen LogP contribution in [0.15, 0.2) is 0 Å². The van der Waals surface area contributed by atoms with E-state index in [0.717, 1.165) is 0 Å². The molecule has 0 rings (SSSR count). The maximum Gasteiger partial charge on any atom is 0.153 e. The molecule has 0 bridgehead atoms. The van der Waals surface area contributed by atoms with Gasteiger partial charge in [-0.3, -0.25) is 4.79 Å². The molecule has 5 heteroatoms. The van der Waals surface area contributed by atoms with Crippen LogP contribution < -0.4 is 5.73 Å². The lowest BCUT2D eigenvalue weighted by Crippen LogP contribution is -2.43. The predicted octanol–water partition coefficient (Wildman–Crippen LogP) is 1.14. The molecule has 0 aliphatic heterocycles. The van der Waals surface area contributed by atoms with Gasteiger partial charge in [-0.25, -0.2) is 8.42 Å². The summed E-state index contributed by atoms with van der Waals surface area (Å²) in [6, 6.07) is -0.602. The molecule has 0 saturated carbocycles. The lowest BCUT2D eigenvalue weighted by molar-refractivity contribution is -0.122. The van der Waals surface area contributed by atoms with Crippen molar-refractivity contribution in [3.05, 3.63) is 0 Å². The molecule has 0 aliphatic rings. The highest BCUT2D eigenvalue weighted by molar-refractivity contribution is 7.91. The molecule has 1 unspecified atom stereocenters. The summed E-state index contributed by atoms with van der Waals surface area (Å²) < 4.78 is 23.0. The summed E-state index contributed by atoms with van der Waals surface area (Å²) in [6.45, 7) is 8.83. The molecular weight excluding hydrogens is 226 g/mol. The smallest absolute Gasteiger partial charge is 0.153 e. The minimum atomic E-state index is -3.15. The van der Waals surface area contributed by atoms with Crippen LogP contribution in [0, 0.1) is 5.41 Å². The summed E-state index contributed by atoms with van der Waals surface area (Å²) in [5.41, 5.74) is 5.43. The molecule has 0 aliphatic carbocycles. The van der Waals surface area contributed by atoms with Crippen LogP contribution in [0.2, 0.25) is 0 Å². The summed E-state index contributed by atoms with van der Waals surface area (Å²) in [5, 5.41) is -0.439. The Bertz CT molecular complexity index is 339. The lowest BCUT2D eigenvalue weighted by Gasteiger charge is -2.25.